The Morgan fingerprint density at radius 1 is 0.254 bits per heavy atom. The maximum Gasteiger partial charge on any atom is 0.252 e. The number of hydrogen-bond donors (Lipinski definition) is 0. The summed E-state index contributed by atoms with van der Waals surface area (Å²) in [6.45, 7) is 60.4. The van der Waals surface area contributed by atoms with Crippen LogP contribution in [-0.4, -0.2) is 22.9 Å². The molecule has 18 rings (SSSR count). The number of benzene rings is 14. The van der Waals surface area contributed by atoms with Gasteiger partial charge in [-0.1, -0.05) is 396 Å². The van der Waals surface area contributed by atoms with Crippen molar-refractivity contribution in [2.24, 2.45) is 0 Å². The van der Waals surface area contributed by atoms with Crippen molar-refractivity contribution in [2.75, 3.05) is 19.6 Å². The molecule has 126 heavy (non-hydrogen) atoms. The molecule has 4 heterocycles. The van der Waals surface area contributed by atoms with Crippen LogP contribution in [0.1, 0.15) is 222 Å². The molecule has 0 N–H and O–H groups in total. The highest BCUT2D eigenvalue weighted by atomic mass is 35.5. The summed E-state index contributed by atoms with van der Waals surface area (Å²) >= 11 is 8.09. The van der Waals surface area contributed by atoms with Gasteiger partial charge in [0.2, 0.25) is 0 Å². The Balaban J connectivity index is 0.000000178. The minimum atomic E-state index is -3.00. The molecule has 4 aliphatic heterocycles. The summed E-state index contributed by atoms with van der Waals surface area (Å²) in [5.74, 6) is 0. The molecule has 8 heteroatoms. The number of hydrogen-bond acceptors (Lipinski definition) is 4. The van der Waals surface area contributed by atoms with E-state index in [9.17, 15) is 0 Å². The Kier molecular flexibility index (Phi) is 21.6. The Labute approximate surface area is 761 Å². The summed E-state index contributed by atoms with van der Waals surface area (Å²) in [6, 6.07) is 118. The molecule has 14 aromatic rings. The zero-order chi connectivity index (χ0) is 89.9. The zero-order valence-corrected chi connectivity index (χ0v) is 82.4. The third-order valence-corrected chi connectivity index (χ3v) is 37.4. The van der Waals surface area contributed by atoms with Gasteiger partial charge in [0.25, 0.3) is 6.71 Å². The van der Waals surface area contributed by atoms with Gasteiger partial charge in [-0.05, 0) is 256 Å². The molecule has 0 aromatic heterocycles. The monoisotopic (exact) mass is 1700 g/mol. The highest BCUT2D eigenvalue weighted by Gasteiger charge is 2.56. The molecule has 4 aliphatic rings. The Bertz CT molecular complexity index is 6290. The van der Waals surface area contributed by atoms with Gasteiger partial charge in [0.1, 0.15) is 0 Å². The zero-order valence-electron chi connectivity index (χ0n) is 79.6. The van der Waals surface area contributed by atoms with Crippen molar-refractivity contribution in [1.29, 1.82) is 0 Å². The van der Waals surface area contributed by atoms with Crippen LogP contribution in [0.5, 0.6) is 0 Å². The molecule has 0 spiro atoms. The third kappa shape index (κ3) is 15.1. The van der Waals surface area contributed by atoms with Crippen LogP contribution in [0.4, 0.5) is 68.2 Å². The average molecular weight is 1700 g/mol. The molecule has 14 aromatic carbocycles. The Morgan fingerprint density at radius 2 is 0.548 bits per heavy atom. The predicted molar refractivity (Wildman–Crippen MR) is 555 cm³/mol. The lowest BCUT2D eigenvalue weighted by Gasteiger charge is -2.51. The van der Waals surface area contributed by atoms with Gasteiger partial charge in [0.15, 0.2) is 16.1 Å². The van der Waals surface area contributed by atoms with Gasteiger partial charge < -0.3 is 19.6 Å². The maximum absolute atomic E-state index is 8.09. The average Bonchev–Trinajstić information content (AvgIpc) is 0.662. The van der Waals surface area contributed by atoms with Crippen LogP contribution in [0.25, 0.3) is 0 Å². The third-order valence-electron chi connectivity index (χ3n) is 27.4. The van der Waals surface area contributed by atoms with Gasteiger partial charge in [-0.15, -0.1) is 0 Å². The van der Waals surface area contributed by atoms with Crippen molar-refractivity contribution in [1.82, 2.24) is 0 Å². The predicted octanol–water partition coefficient (Wildman–Crippen LogP) is 25.4. The fourth-order valence-electron chi connectivity index (χ4n) is 20.3. The van der Waals surface area contributed by atoms with Crippen LogP contribution >= 0.6 is 11.6 Å². The van der Waals surface area contributed by atoms with Crippen molar-refractivity contribution in [3.05, 3.63) is 364 Å². The van der Waals surface area contributed by atoms with Crippen LogP contribution in [0.2, 0.25) is 5.02 Å². The molecule has 0 atom stereocenters. The molecule has 0 amide bonds. The molecular weight excluding hydrogens is 1580 g/mol. The molecule has 0 saturated heterocycles. The first-order valence-electron chi connectivity index (χ1n) is 45.8. The van der Waals surface area contributed by atoms with E-state index >= 15 is 0 Å². The summed E-state index contributed by atoms with van der Waals surface area (Å²) < 4.78 is 0. The van der Waals surface area contributed by atoms with Crippen molar-refractivity contribution in [2.45, 2.75) is 223 Å². The van der Waals surface area contributed by atoms with E-state index in [-0.39, 0.29) is 50.0 Å². The van der Waals surface area contributed by atoms with E-state index in [2.05, 4.69) is 503 Å². The van der Waals surface area contributed by atoms with Crippen LogP contribution in [0.15, 0.2) is 303 Å². The Morgan fingerprint density at radius 3 is 0.921 bits per heavy atom. The number of anilines is 12. The molecule has 638 valence electrons. The van der Waals surface area contributed by atoms with Crippen LogP contribution < -0.4 is 77.5 Å². The molecule has 0 fully saturated rings. The van der Waals surface area contributed by atoms with E-state index in [0.29, 0.717) is 5.02 Å². The summed E-state index contributed by atoms with van der Waals surface area (Å²) in [5.41, 5.74) is 31.2. The van der Waals surface area contributed by atoms with Crippen molar-refractivity contribution in [3.63, 3.8) is 0 Å². The lowest BCUT2D eigenvalue weighted by Crippen LogP contribution is -2.79. The van der Waals surface area contributed by atoms with Crippen molar-refractivity contribution < 1.29 is 0 Å². The van der Waals surface area contributed by atoms with Gasteiger partial charge in [-0.2, -0.15) is 0 Å². The second kappa shape index (κ2) is 31.2. The minimum absolute atomic E-state index is 0.0234. The lowest BCUT2D eigenvalue weighted by atomic mass is 9.33. The molecule has 4 nitrogen and oxygen atoms in total. The van der Waals surface area contributed by atoms with E-state index in [1.54, 1.807) is 0 Å². The molecule has 0 unspecified atom stereocenters. The number of halogens is 1. The van der Waals surface area contributed by atoms with Gasteiger partial charge in [0, 0.05) is 56.9 Å². The molecule has 0 bridgehead atoms. The highest BCUT2D eigenvalue weighted by molar-refractivity contribution is 7.22. The minimum Gasteiger partial charge on any atom is -0.312 e. The van der Waals surface area contributed by atoms with E-state index in [0.717, 1.165) is 28.3 Å². The van der Waals surface area contributed by atoms with Crippen LogP contribution in [0.3, 0.4) is 0 Å². The quantitative estimate of drug-likeness (QED) is 0.134. The molecule has 0 saturated carbocycles. The first-order valence-corrected chi connectivity index (χ1v) is 50.1. The lowest BCUT2D eigenvalue weighted by molar-refractivity contribution is 0.590. The largest absolute Gasteiger partial charge is 0.312 e. The second-order valence-electron chi connectivity index (χ2n) is 44.6. The molecule has 0 aliphatic carbocycles. The summed E-state index contributed by atoms with van der Waals surface area (Å²) in [7, 11) is -5.98. The number of fused-ring (bicyclic) bond motifs is 8. The fourth-order valence-corrected chi connectivity index (χ4v) is 30.9. The topological polar surface area (TPSA) is 13.0 Å². The van der Waals surface area contributed by atoms with E-state index < -0.39 is 16.1 Å². The number of nitrogens with zero attached hydrogens (tertiary/aromatic N) is 4. The first-order chi connectivity index (χ1) is 59.3. The summed E-state index contributed by atoms with van der Waals surface area (Å²) in [4.78, 5) is 10.1. The van der Waals surface area contributed by atoms with Gasteiger partial charge in [-0.3, -0.25) is 0 Å². The molecular formula is C118H128BClN4Si2. The van der Waals surface area contributed by atoms with Gasteiger partial charge in [0.05, 0.1) is 16.4 Å². The van der Waals surface area contributed by atoms with Crippen molar-refractivity contribution in [3.8, 4) is 0 Å². The van der Waals surface area contributed by atoms with Crippen molar-refractivity contribution >= 4 is 161 Å². The van der Waals surface area contributed by atoms with E-state index in [4.69, 9.17) is 11.6 Å². The first kappa shape index (κ1) is 87.2. The van der Waals surface area contributed by atoms with E-state index in [1.807, 2.05) is 0 Å². The number of rotatable bonds is 9. The molecule has 0 radical (unpaired) electrons. The smallest absolute Gasteiger partial charge is 0.252 e. The standard InChI is InChI=1S/C59H63BN2Si.C59H65ClN2Si/c1-38-32-50-54-51(33-38)62-49-31-27-41(58(8,9)10)36-52(49)63(44-20-16-14-17-21-44,45-22-18-15-19-23-45)53-37-42(59(11,12)13)35-47(55(53)62)60(54)46-34-40(57(5,6)7)26-30-48(46)61(50)43-28-24-39(25-29-43)56(2,3)4;1-40-36-51(61(45-30-24-41(25-31-45)56(2,3)4)46-32-26-42(27-33-46)57(5,6)7)55(60)52(37-40)62-49-34-28-43(58(8,9)10)38-53(49)63(47-20-16-14-17-21-47,48-22-18-15-19-23-48)54-39-44(59(11,12)13)29-35-50(54)62/h14-37H,1-13H3;14-39H,1-13H3. The SMILES string of the molecule is Cc1cc(N(c2ccc(C(C)(C)C)cc2)c2ccc(C(C)(C)C)cc2)c(Cl)c(N2c3ccc(C(C)(C)C)cc3[Si](c3ccccc3)(c3ccccc3)c3cc(C(C)(C)C)ccc32)c1.Cc1cc2c3c(c1)N1c4ccc(C(C)(C)C)cc4[Si](c4ccccc4)(c4ccccc4)c4cc(C(C)(C)C)cc(c41)B3c1cc(C(C)(C)C)ccc1N2c1ccc(C(C)(C)C)cc1. The fraction of sp³-hybridized carbons (Fsp3) is 0.288. The summed E-state index contributed by atoms with van der Waals surface area (Å²) in [5, 5.41) is 12.0. The van der Waals surface area contributed by atoms with Crippen LogP contribution in [-0.2, 0) is 43.3 Å². The highest BCUT2D eigenvalue weighted by Crippen LogP contribution is 2.52. The maximum atomic E-state index is 8.09. The number of aryl methyl sites for hydroxylation is 2. The van der Waals surface area contributed by atoms with Crippen LogP contribution in [0, 0.1) is 13.8 Å². The van der Waals surface area contributed by atoms with Gasteiger partial charge >= 0.3 is 0 Å². The normalized spacial score (nSPS) is 14.5. The van der Waals surface area contributed by atoms with Gasteiger partial charge in [-0.25, -0.2) is 0 Å². The Hall–Kier alpha value is -10.9. The van der Waals surface area contributed by atoms with E-state index in [1.165, 1.54) is 153 Å². The summed E-state index contributed by atoms with van der Waals surface area (Å²) in [6.07, 6.45) is 0. The second-order valence-corrected chi connectivity index (χ2v) is 52.5.